The number of esters is 2. The van der Waals surface area contributed by atoms with Gasteiger partial charge in [-0.25, -0.2) is 9.59 Å². The number of halogens is 1. The van der Waals surface area contributed by atoms with Gasteiger partial charge in [-0.05, 0) is 24.3 Å². The van der Waals surface area contributed by atoms with E-state index < -0.39 is 24.0 Å². The fourth-order valence-corrected chi connectivity index (χ4v) is 3.42. The summed E-state index contributed by atoms with van der Waals surface area (Å²) in [5, 5.41) is 3.51. The molecule has 1 aromatic heterocycles. The Hall–Kier alpha value is -3.14. The molecule has 1 saturated heterocycles. The molecule has 162 valence electrons. The molecule has 1 N–H and O–H groups in total. The lowest BCUT2D eigenvalue weighted by Gasteiger charge is -2.42. The van der Waals surface area contributed by atoms with E-state index in [9.17, 15) is 9.59 Å². The standard InChI is InChI=1S/C21H19ClN2O7/c1-27-17-11-13(22)4-5-16(17)29-15-3-2-8-23-14(15)12-21-20(24-9-10-28-21)30-18(25)6-7-19(26)31-21/h2-8,11,20,24H,9-10,12H2,1H3/b7-6+/t20?,21-/m0/s1. The van der Waals surface area contributed by atoms with Crippen molar-refractivity contribution in [2.24, 2.45) is 0 Å². The van der Waals surface area contributed by atoms with E-state index in [0.29, 0.717) is 34.5 Å². The molecule has 0 bridgehead atoms. The van der Waals surface area contributed by atoms with Crippen LogP contribution in [0.15, 0.2) is 48.7 Å². The highest BCUT2D eigenvalue weighted by atomic mass is 35.5. The molecule has 1 fully saturated rings. The summed E-state index contributed by atoms with van der Waals surface area (Å²) in [6.07, 6.45) is 2.50. The highest BCUT2D eigenvalue weighted by molar-refractivity contribution is 6.30. The SMILES string of the molecule is COc1cc(Cl)ccc1Oc1cccnc1C[C@@]12OCCNC1OC(=O)/C=C/C(=O)O2. The number of fused-ring (bicyclic) bond motifs is 1. The summed E-state index contributed by atoms with van der Waals surface area (Å²) < 4.78 is 28.2. The van der Waals surface area contributed by atoms with Crippen LogP contribution in [0.1, 0.15) is 5.69 Å². The van der Waals surface area contributed by atoms with Gasteiger partial charge in [0, 0.05) is 36.0 Å². The molecule has 9 nitrogen and oxygen atoms in total. The van der Waals surface area contributed by atoms with Gasteiger partial charge in [0.25, 0.3) is 5.79 Å². The smallest absolute Gasteiger partial charge is 0.333 e. The number of rotatable bonds is 5. The summed E-state index contributed by atoms with van der Waals surface area (Å²) in [5.41, 5.74) is 0.418. The number of aromatic nitrogens is 1. The molecule has 0 aliphatic carbocycles. The predicted octanol–water partition coefficient (Wildman–Crippen LogP) is 2.38. The maximum absolute atomic E-state index is 12.2. The van der Waals surface area contributed by atoms with Crippen LogP contribution in [-0.2, 0) is 30.2 Å². The van der Waals surface area contributed by atoms with Crippen LogP contribution in [0, 0.1) is 0 Å². The summed E-state index contributed by atoms with van der Waals surface area (Å²) in [6, 6.07) is 8.36. The molecule has 0 saturated carbocycles. The summed E-state index contributed by atoms with van der Waals surface area (Å²) in [5.74, 6) is -1.81. The number of ether oxygens (including phenoxy) is 5. The Bertz CT molecular complexity index is 1030. The first-order chi connectivity index (χ1) is 15.0. The van der Waals surface area contributed by atoms with Crippen molar-refractivity contribution in [1.82, 2.24) is 10.3 Å². The van der Waals surface area contributed by atoms with E-state index in [1.165, 1.54) is 7.11 Å². The van der Waals surface area contributed by atoms with Gasteiger partial charge < -0.3 is 23.7 Å². The second kappa shape index (κ2) is 8.93. The molecule has 3 heterocycles. The van der Waals surface area contributed by atoms with Gasteiger partial charge in [-0.15, -0.1) is 0 Å². The molecule has 2 atom stereocenters. The van der Waals surface area contributed by atoms with Crippen molar-refractivity contribution in [3.8, 4) is 17.2 Å². The molecule has 31 heavy (non-hydrogen) atoms. The number of morpholine rings is 1. The van der Waals surface area contributed by atoms with Crippen molar-refractivity contribution < 1.29 is 33.3 Å². The zero-order valence-electron chi connectivity index (χ0n) is 16.5. The largest absolute Gasteiger partial charge is 0.493 e. The first-order valence-corrected chi connectivity index (χ1v) is 9.81. The normalized spacial score (nSPS) is 24.1. The topological polar surface area (TPSA) is 105 Å². The number of nitrogens with zero attached hydrogens (tertiary/aromatic N) is 1. The predicted molar refractivity (Wildman–Crippen MR) is 108 cm³/mol. The molecular formula is C21H19ClN2O7. The van der Waals surface area contributed by atoms with Crippen molar-refractivity contribution >= 4 is 23.5 Å². The lowest BCUT2D eigenvalue weighted by molar-refractivity contribution is -0.292. The third-order valence-corrected chi connectivity index (χ3v) is 4.88. The number of methoxy groups -OCH3 is 1. The van der Waals surface area contributed by atoms with Crippen LogP contribution < -0.4 is 14.8 Å². The van der Waals surface area contributed by atoms with Crippen LogP contribution in [-0.4, -0.2) is 49.2 Å². The van der Waals surface area contributed by atoms with E-state index in [1.54, 1.807) is 36.5 Å². The molecule has 0 amide bonds. The van der Waals surface area contributed by atoms with Gasteiger partial charge in [0.05, 0.1) is 25.8 Å². The van der Waals surface area contributed by atoms with Crippen molar-refractivity contribution in [3.63, 3.8) is 0 Å². The van der Waals surface area contributed by atoms with E-state index in [0.717, 1.165) is 12.2 Å². The number of carbonyl (C=O) groups excluding carboxylic acids is 2. The Morgan fingerprint density at radius 1 is 1.19 bits per heavy atom. The lowest BCUT2D eigenvalue weighted by atomic mass is 10.0. The Morgan fingerprint density at radius 3 is 2.87 bits per heavy atom. The molecular weight excluding hydrogens is 428 g/mol. The number of pyridine rings is 1. The molecule has 4 rings (SSSR count). The van der Waals surface area contributed by atoms with Crippen LogP contribution in [0.3, 0.4) is 0 Å². The Labute approximate surface area is 182 Å². The second-order valence-electron chi connectivity index (χ2n) is 6.71. The van der Waals surface area contributed by atoms with Crippen molar-refractivity contribution in [2.75, 3.05) is 20.3 Å². The van der Waals surface area contributed by atoms with Gasteiger partial charge in [-0.1, -0.05) is 11.6 Å². The number of carbonyl (C=O) groups is 2. The lowest BCUT2D eigenvalue weighted by Crippen LogP contribution is -2.63. The highest BCUT2D eigenvalue weighted by Gasteiger charge is 2.50. The Balaban J connectivity index is 1.68. The minimum atomic E-state index is -1.62. The number of nitrogens with one attached hydrogen (secondary N) is 1. The second-order valence-corrected chi connectivity index (χ2v) is 7.14. The average molecular weight is 447 g/mol. The summed E-state index contributed by atoms with van der Waals surface area (Å²) in [4.78, 5) is 28.6. The highest BCUT2D eigenvalue weighted by Crippen LogP contribution is 2.37. The monoisotopic (exact) mass is 446 g/mol. The maximum atomic E-state index is 12.2. The van der Waals surface area contributed by atoms with E-state index in [2.05, 4.69) is 10.3 Å². The molecule has 2 aliphatic heterocycles. The minimum absolute atomic E-state index is 0.0381. The van der Waals surface area contributed by atoms with E-state index in [4.69, 9.17) is 35.3 Å². The fourth-order valence-electron chi connectivity index (χ4n) is 3.26. The van der Waals surface area contributed by atoms with Gasteiger partial charge in [0.2, 0.25) is 6.23 Å². The summed E-state index contributed by atoms with van der Waals surface area (Å²) in [7, 11) is 1.50. The number of hydrogen-bond acceptors (Lipinski definition) is 9. The molecule has 10 heteroatoms. The number of benzene rings is 1. The zero-order valence-corrected chi connectivity index (χ0v) is 17.3. The van der Waals surface area contributed by atoms with Gasteiger partial charge in [0.15, 0.2) is 11.5 Å². The van der Waals surface area contributed by atoms with Crippen LogP contribution in [0.2, 0.25) is 5.02 Å². The van der Waals surface area contributed by atoms with Crippen molar-refractivity contribution in [2.45, 2.75) is 18.4 Å². The van der Waals surface area contributed by atoms with E-state index in [-0.39, 0.29) is 13.0 Å². The maximum Gasteiger partial charge on any atom is 0.333 e. The zero-order chi connectivity index (χ0) is 21.8. The van der Waals surface area contributed by atoms with Gasteiger partial charge >= 0.3 is 11.9 Å². The first-order valence-electron chi connectivity index (χ1n) is 9.43. The Morgan fingerprint density at radius 2 is 2.03 bits per heavy atom. The molecule has 2 aliphatic rings. The fraction of sp³-hybridized carbons (Fsp3) is 0.286. The minimum Gasteiger partial charge on any atom is -0.493 e. The molecule has 0 spiro atoms. The average Bonchev–Trinajstić information content (AvgIpc) is 2.75. The van der Waals surface area contributed by atoms with Crippen molar-refractivity contribution in [1.29, 1.82) is 0 Å². The Kier molecular flexibility index (Phi) is 6.08. The third-order valence-electron chi connectivity index (χ3n) is 4.65. The van der Waals surface area contributed by atoms with Gasteiger partial charge in [0.1, 0.15) is 5.75 Å². The molecule has 1 unspecified atom stereocenters. The molecule has 0 radical (unpaired) electrons. The molecule has 2 aromatic rings. The molecule has 1 aromatic carbocycles. The van der Waals surface area contributed by atoms with Crippen LogP contribution >= 0.6 is 11.6 Å². The van der Waals surface area contributed by atoms with Gasteiger partial charge in [-0.2, -0.15) is 0 Å². The quantitative estimate of drug-likeness (QED) is 0.693. The van der Waals surface area contributed by atoms with Crippen LogP contribution in [0.4, 0.5) is 0 Å². The van der Waals surface area contributed by atoms with Crippen LogP contribution in [0.25, 0.3) is 0 Å². The van der Waals surface area contributed by atoms with E-state index in [1.807, 2.05) is 0 Å². The summed E-state index contributed by atoms with van der Waals surface area (Å²) in [6.45, 7) is 0.646. The first kappa shape index (κ1) is 21.1. The summed E-state index contributed by atoms with van der Waals surface area (Å²) >= 11 is 6.02. The van der Waals surface area contributed by atoms with Crippen LogP contribution in [0.5, 0.6) is 17.2 Å². The van der Waals surface area contributed by atoms with Gasteiger partial charge in [-0.3, -0.25) is 10.3 Å². The number of hydrogen-bond donors (Lipinski definition) is 1. The van der Waals surface area contributed by atoms with E-state index >= 15 is 0 Å². The van der Waals surface area contributed by atoms with Crippen molar-refractivity contribution in [3.05, 3.63) is 59.4 Å². The third kappa shape index (κ3) is 4.63.